The molecule has 3 heterocycles. The van der Waals surface area contributed by atoms with Crippen molar-refractivity contribution in [1.29, 1.82) is 0 Å². The molecule has 4 nitrogen and oxygen atoms in total. The quantitative estimate of drug-likeness (QED) is 0.751. The van der Waals surface area contributed by atoms with Crippen molar-refractivity contribution in [1.82, 2.24) is 9.80 Å². The molecule has 0 N–H and O–H groups in total. The van der Waals surface area contributed by atoms with Gasteiger partial charge in [-0.3, -0.25) is 9.69 Å². The van der Waals surface area contributed by atoms with Gasteiger partial charge >= 0.3 is 6.18 Å². The zero-order valence-electron chi connectivity index (χ0n) is 17.2. The first-order valence-corrected chi connectivity index (χ1v) is 10.5. The van der Waals surface area contributed by atoms with Crippen molar-refractivity contribution in [3.8, 4) is 0 Å². The number of hydrogen-bond donors (Lipinski definition) is 0. The predicted octanol–water partition coefficient (Wildman–Crippen LogP) is 4.15. The van der Waals surface area contributed by atoms with Crippen LogP contribution < -0.4 is 0 Å². The second kappa shape index (κ2) is 7.27. The molecule has 160 valence electrons. The van der Waals surface area contributed by atoms with E-state index in [2.05, 4.69) is 18.7 Å². The Morgan fingerprint density at radius 3 is 2.55 bits per heavy atom. The number of piperidine rings is 2. The van der Waals surface area contributed by atoms with Crippen LogP contribution in [0.15, 0.2) is 24.3 Å². The average molecular weight is 410 g/mol. The number of nitrogens with zero attached hydrogens (tertiary/aromatic N) is 2. The molecule has 1 aromatic carbocycles. The first kappa shape index (κ1) is 20.7. The molecular formula is C22H29F3N2O2. The first-order valence-electron chi connectivity index (χ1n) is 10.5. The van der Waals surface area contributed by atoms with Crippen LogP contribution in [0.2, 0.25) is 0 Å². The lowest BCUT2D eigenvalue weighted by atomic mass is 9.75. The molecule has 0 aliphatic carbocycles. The Hall–Kier alpha value is -1.60. The van der Waals surface area contributed by atoms with Crippen molar-refractivity contribution >= 4 is 5.91 Å². The molecule has 0 radical (unpaired) electrons. The summed E-state index contributed by atoms with van der Waals surface area (Å²) in [5, 5.41) is 0. The van der Waals surface area contributed by atoms with Crippen LogP contribution in [-0.4, -0.2) is 47.2 Å². The van der Waals surface area contributed by atoms with Gasteiger partial charge in [-0.1, -0.05) is 32.9 Å². The van der Waals surface area contributed by atoms with Crippen LogP contribution >= 0.6 is 0 Å². The molecule has 0 unspecified atom stereocenters. The molecule has 3 saturated heterocycles. The van der Waals surface area contributed by atoms with Gasteiger partial charge in [0.25, 0.3) is 0 Å². The van der Waals surface area contributed by atoms with Gasteiger partial charge in [-0.25, -0.2) is 0 Å². The van der Waals surface area contributed by atoms with E-state index in [1.54, 1.807) is 12.1 Å². The third kappa shape index (κ3) is 3.56. The molecule has 3 aliphatic heterocycles. The lowest BCUT2D eigenvalue weighted by Crippen LogP contribution is -2.66. The second-order valence-electron chi connectivity index (χ2n) is 9.19. The Kier molecular flexibility index (Phi) is 5.18. The van der Waals surface area contributed by atoms with Crippen molar-refractivity contribution < 1.29 is 22.7 Å². The summed E-state index contributed by atoms with van der Waals surface area (Å²) in [6.07, 6.45) is -2.76. The summed E-state index contributed by atoms with van der Waals surface area (Å²) in [4.78, 5) is 17.3. The lowest BCUT2D eigenvalue weighted by molar-refractivity contribution is -0.199. The van der Waals surface area contributed by atoms with E-state index in [0.29, 0.717) is 19.1 Å². The number of hydrogen-bond acceptors (Lipinski definition) is 3. The molecule has 0 aromatic heterocycles. The third-order valence-corrected chi connectivity index (χ3v) is 6.90. The van der Waals surface area contributed by atoms with E-state index >= 15 is 0 Å². The molecule has 4 atom stereocenters. The summed E-state index contributed by atoms with van der Waals surface area (Å²) < 4.78 is 44.7. The largest absolute Gasteiger partial charge is 0.416 e. The van der Waals surface area contributed by atoms with Crippen molar-refractivity contribution in [2.24, 2.45) is 17.8 Å². The van der Waals surface area contributed by atoms with Gasteiger partial charge in [0.05, 0.1) is 18.2 Å². The standard InChI is InChI=1S/C22H29F3N2O2/c1-14(2)19-13-29-21-8-9-26(12-18(21)10-15(3)20(28)27(19)21)11-16-4-6-17(7-5-16)22(23,24)25/h4-7,14-15,18-19H,8-13H2,1-3H3/t15-,18-,19-,21-/m1/s1. The van der Waals surface area contributed by atoms with Gasteiger partial charge in [0.1, 0.15) is 5.72 Å². The van der Waals surface area contributed by atoms with Gasteiger partial charge in [0, 0.05) is 37.9 Å². The van der Waals surface area contributed by atoms with Crippen LogP contribution in [0.25, 0.3) is 0 Å². The maximum atomic E-state index is 13.0. The number of alkyl halides is 3. The fourth-order valence-corrected chi connectivity index (χ4v) is 5.29. The van der Waals surface area contributed by atoms with E-state index in [1.165, 1.54) is 0 Å². The van der Waals surface area contributed by atoms with E-state index in [0.717, 1.165) is 43.6 Å². The number of halogens is 3. The zero-order chi connectivity index (χ0) is 21.0. The Bertz CT molecular complexity index is 764. The summed E-state index contributed by atoms with van der Waals surface area (Å²) in [6.45, 7) is 9.02. The second-order valence-corrected chi connectivity index (χ2v) is 9.19. The highest BCUT2D eigenvalue weighted by Crippen LogP contribution is 2.49. The minimum absolute atomic E-state index is 0.0258. The minimum Gasteiger partial charge on any atom is -0.353 e. The number of amides is 1. The van der Waals surface area contributed by atoms with Gasteiger partial charge in [-0.2, -0.15) is 13.2 Å². The summed E-state index contributed by atoms with van der Waals surface area (Å²) in [5.41, 5.74) is -0.249. The summed E-state index contributed by atoms with van der Waals surface area (Å²) in [5.74, 6) is 0.743. The van der Waals surface area contributed by atoms with Gasteiger partial charge in [0.15, 0.2) is 0 Å². The van der Waals surface area contributed by atoms with Crippen molar-refractivity contribution in [2.75, 3.05) is 19.7 Å². The van der Waals surface area contributed by atoms with Crippen LogP contribution in [0.1, 0.15) is 44.7 Å². The Balaban J connectivity index is 1.49. The van der Waals surface area contributed by atoms with E-state index in [9.17, 15) is 18.0 Å². The van der Waals surface area contributed by atoms with Gasteiger partial charge in [-0.05, 0) is 30.0 Å². The molecule has 3 aliphatic rings. The lowest BCUT2D eigenvalue weighted by Gasteiger charge is -2.54. The van der Waals surface area contributed by atoms with Crippen LogP contribution in [0.5, 0.6) is 0 Å². The maximum absolute atomic E-state index is 13.0. The van der Waals surface area contributed by atoms with Crippen molar-refractivity contribution in [3.63, 3.8) is 0 Å². The highest BCUT2D eigenvalue weighted by Gasteiger charge is 2.60. The average Bonchev–Trinajstić information content (AvgIpc) is 3.04. The fraction of sp³-hybridized carbons (Fsp3) is 0.682. The van der Waals surface area contributed by atoms with E-state index in [4.69, 9.17) is 4.74 Å². The number of rotatable bonds is 3. The number of carbonyl (C=O) groups excluding carboxylic acids is 1. The highest BCUT2D eigenvalue weighted by atomic mass is 19.4. The molecule has 0 bridgehead atoms. The number of benzene rings is 1. The molecule has 4 rings (SSSR count). The van der Waals surface area contributed by atoms with E-state index in [1.807, 2.05) is 11.8 Å². The smallest absolute Gasteiger partial charge is 0.353 e. The van der Waals surface area contributed by atoms with E-state index in [-0.39, 0.29) is 23.8 Å². The number of ether oxygens (including phenoxy) is 1. The zero-order valence-corrected chi connectivity index (χ0v) is 17.2. The highest BCUT2D eigenvalue weighted by molar-refractivity contribution is 5.81. The molecule has 1 spiro atoms. The SMILES string of the molecule is CC(C)[C@H]1CO[C@]23CCN(Cc4ccc(C(F)(F)F)cc4)C[C@H]2C[C@@H](C)C(=O)N13. The topological polar surface area (TPSA) is 32.8 Å². The normalized spacial score (nSPS) is 33.1. The summed E-state index contributed by atoms with van der Waals surface area (Å²) in [6, 6.07) is 5.55. The van der Waals surface area contributed by atoms with Gasteiger partial charge in [0.2, 0.25) is 5.91 Å². The monoisotopic (exact) mass is 410 g/mol. The van der Waals surface area contributed by atoms with Crippen LogP contribution in [-0.2, 0) is 22.3 Å². The number of carbonyl (C=O) groups is 1. The van der Waals surface area contributed by atoms with Crippen LogP contribution in [0.3, 0.4) is 0 Å². The molecule has 0 saturated carbocycles. The molecule has 7 heteroatoms. The first-order chi connectivity index (χ1) is 13.6. The van der Waals surface area contributed by atoms with Gasteiger partial charge in [-0.15, -0.1) is 0 Å². The molecular weight excluding hydrogens is 381 g/mol. The van der Waals surface area contributed by atoms with Crippen molar-refractivity contribution in [2.45, 2.75) is 58.1 Å². The van der Waals surface area contributed by atoms with Crippen molar-refractivity contribution in [3.05, 3.63) is 35.4 Å². The Morgan fingerprint density at radius 1 is 1.24 bits per heavy atom. The summed E-state index contributed by atoms with van der Waals surface area (Å²) >= 11 is 0. The third-order valence-electron chi connectivity index (χ3n) is 6.90. The molecule has 1 amide bonds. The Labute approximate surface area is 170 Å². The Morgan fingerprint density at radius 2 is 1.93 bits per heavy atom. The minimum atomic E-state index is -4.31. The number of likely N-dealkylation sites (tertiary alicyclic amines) is 1. The molecule has 29 heavy (non-hydrogen) atoms. The maximum Gasteiger partial charge on any atom is 0.416 e. The van der Waals surface area contributed by atoms with Crippen LogP contribution in [0, 0.1) is 17.8 Å². The summed E-state index contributed by atoms with van der Waals surface area (Å²) in [7, 11) is 0. The van der Waals surface area contributed by atoms with E-state index < -0.39 is 17.5 Å². The van der Waals surface area contributed by atoms with Gasteiger partial charge < -0.3 is 9.64 Å². The molecule has 1 aromatic rings. The van der Waals surface area contributed by atoms with Crippen LogP contribution in [0.4, 0.5) is 13.2 Å². The fourth-order valence-electron chi connectivity index (χ4n) is 5.29. The molecule has 3 fully saturated rings. The predicted molar refractivity (Wildman–Crippen MR) is 103 cm³/mol.